The summed E-state index contributed by atoms with van der Waals surface area (Å²) >= 11 is 0. The lowest BCUT2D eigenvalue weighted by Gasteiger charge is -2.18. The van der Waals surface area contributed by atoms with Crippen molar-refractivity contribution in [3.05, 3.63) is 78.4 Å². The third kappa shape index (κ3) is 4.69. The molecule has 1 heterocycles. The first-order valence-electron chi connectivity index (χ1n) is 8.80. The lowest BCUT2D eigenvalue weighted by molar-refractivity contribution is 0.686. The maximum Gasteiger partial charge on any atom is 0.192 e. The van der Waals surface area contributed by atoms with Crippen LogP contribution < -0.4 is 10.6 Å². The highest BCUT2D eigenvalue weighted by atomic mass is 15.3. The Morgan fingerprint density at radius 2 is 1.88 bits per heavy atom. The van der Waals surface area contributed by atoms with Gasteiger partial charge in [0.15, 0.2) is 5.96 Å². The Morgan fingerprint density at radius 1 is 1.12 bits per heavy atom. The Bertz CT molecular complexity index is 809. The van der Waals surface area contributed by atoms with Gasteiger partial charge in [0, 0.05) is 6.54 Å². The molecule has 26 heavy (non-hydrogen) atoms. The Hall–Kier alpha value is -3.15. The minimum Gasteiger partial charge on any atom is -0.357 e. The molecule has 1 atom stereocenters. The van der Waals surface area contributed by atoms with E-state index in [-0.39, 0.29) is 6.04 Å². The smallest absolute Gasteiger partial charge is 0.192 e. The molecule has 0 saturated heterocycles. The molecule has 3 rings (SSSR count). The number of guanidine groups is 1. The number of rotatable bonds is 6. The Balaban J connectivity index is 1.65. The number of nitrogens with zero attached hydrogens (tertiary/aromatic N) is 4. The average Bonchev–Trinajstić information content (AvgIpc) is 3.22. The first kappa shape index (κ1) is 17.7. The molecule has 134 valence electrons. The van der Waals surface area contributed by atoms with E-state index in [1.807, 2.05) is 30.3 Å². The minimum absolute atomic E-state index is 0.184. The average molecular weight is 348 g/mol. The highest BCUT2D eigenvalue weighted by molar-refractivity contribution is 5.80. The first-order valence-corrected chi connectivity index (χ1v) is 8.80. The number of aliphatic imine (C=N–C) groups is 1. The van der Waals surface area contributed by atoms with E-state index in [2.05, 4.69) is 58.8 Å². The monoisotopic (exact) mass is 348 g/mol. The predicted octanol–water partition coefficient (Wildman–Crippen LogP) is 3.08. The molecule has 0 aliphatic rings. The molecule has 0 radical (unpaired) electrons. The van der Waals surface area contributed by atoms with Crippen molar-refractivity contribution < 1.29 is 0 Å². The van der Waals surface area contributed by atoms with Crippen LogP contribution in [0.25, 0.3) is 5.69 Å². The summed E-state index contributed by atoms with van der Waals surface area (Å²) in [5.41, 5.74) is 3.35. The van der Waals surface area contributed by atoms with Gasteiger partial charge in [-0.05, 0) is 37.1 Å². The molecule has 0 fully saturated rings. The highest BCUT2D eigenvalue weighted by Crippen LogP contribution is 2.12. The zero-order valence-corrected chi connectivity index (χ0v) is 15.1. The Labute approximate surface area is 154 Å². The SMILES string of the molecule is CCNC(=NCc1ccc(-n2cncn2)cc1)NC(C)c1ccccc1. The number of hydrogen-bond donors (Lipinski definition) is 2. The highest BCUT2D eigenvalue weighted by Gasteiger charge is 2.07. The van der Waals surface area contributed by atoms with E-state index in [1.54, 1.807) is 11.0 Å². The topological polar surface area (TPSA) is 67.1 Å². The summed E-state index contributed by atoms with van der Waals surface area (Å²) in [4.78, 5) is 8.67. The van der Waals surface area contributed by atoms with Crippen LogP contribution in [0, 0.1) is 0 Å². The van der Waals surface area contributed by atoms with Gasteiger partial charge in [-0.2, -0.15) is 5.10 Å². The van der Waals surface area contributed by atoms with Gasteiger partial charge >= 0.3 is 0 Å². The summed E-state index contributed by atoms with van der Waals surface area (Å²) in [6.07, 6.45) is 3.21. The molecule has 0 spiro atoms. The van der Waals surface area contributed by atoms with Crippen LogP contribution in [0.2, 0.25) is 0 Å². The summed E-state index contributed by atoms with van der Waals surface area (Å²) in [7, 11) is 0. The van der Waals surface area contributed by atoms with Crippen molar-refractivity contribution in [2.24, 2.45) is 4.99 Å². The molecule has 2 aromatic carbocycles. The molecule has 0 bridgehead atoms. The third-order valence-corrected chi connectivity index (χ3v) is 4.04. The summed E-state index contributed by atoms with van der Waals surface area (Å²) in [5.74, 6) is 0.809. The van der Waals surface area contributed by atoms with Crippen LogP contribution in [0.4, 0.5) is 0 Å². The van der Waals surface area contributed by atoms with Crippen LogP contribution in [0.15, 0.2) is 72.2 Å². The van der Waals surface area contributed by atoms with E-state index in [0.29, 0.717) is 6.54 Å². The lowest BCUT2D eigenvalue weighted by Crippen LogP contribution is -2.38. The third-order valence-electron chi connectivity index (χ3n) is 4.04. The van der Waals surface area contributed by atoms with Crippen LogP contribution in [0.3, 0.4) is 0 Å². The summed E-state index contributed by atoms with van der Waals surface area (Å²) in [6, 6.07) is 18.7. The number of hydrogen-bond acceptors (Lipinski definition) is 3. The molecule has 0 aliphatic heterocycles. The van der Waals surface area contributed by atoms with E-state index in [0.717, 1.165) is 23.8 Å². The number of benzene rings is 2. The van der Waals surface area contributed by atoms with Gasteiger partial charge in [-0.25, -0.2) is 14.7 Å². The first-order chi connectivity index (χ1) is 12.8. The summed E-state index contributed by atoms with van der Waals surface area (Å²) in [5, 5.41) is 10.9. The minimum atomic E-state index is 0.184. The van der Waals surface area contributed by atoms with Crippen LogP contribution in [0.5, 0.6) is 0 Å². The van der Waals surface area contributed by atoms with E-state index >= 15 is 0 Å². The lowest BCUT2D eigenvalue weighted by atomic mass is 10.1. The van der Waals surface area contributed by atoms with E-state index < -0.39 is 0 Å². The molecular weight excluding hydrogens is 324 g/mol. The second-order valence-electron chi connectivity index (χ2n) is 5.98. The van der Waals surface area contributed by atoms with E-state index in [1.165, 1.54) is 11.9 Å². The van der Waals surface area contributed by atoms with Gasteiger partial charge in [-0.15, -0.1) is 0 Å². The van der Waals surface area contributed by atoms with Gasteiger partial charge in [-0.1, -0.05) is 42.5 Å². The molecule has 0 saturated carbocycles. The van der Waals surface area contributed by atoms with Crippen molar-refractivity contribution in [1.29, 1.82) is 0 Å². The van der Waals surface area contributed by atoms with Gasteiger partial charge in [-0.3, -0.25) is 0 Å². The number of nitrogens with one attached hydrogen (secondary N) is 2. The standard InChI is InChI=1S/C20H24N6/c1-3-22-20(25-16(2)18-7-5-4-6-8-18)23-13-17-9-11-19(12-10-17)26-15-21-14-24-26/h4-12,14-16H,3,13H2,1-2H3,(H2,22,23,25). The van der Waals surface area contributed by atoms with Crippen LogP contribution in [0.1, 0.15) is 31.0 Å². The van der Waals surface area contributed by atoms with Crippen molar-refractivity contribution in [1.82, 2.24) is 25.4 Å². The van der Waals surface area contributed by atoms with Crippen LogP contribution in [-0.4, -0.2) is 27.3 Å². The van der Waals surface area contributed by atoms with Crippen LogP contribution >= 0.6 is 0 Å². The van der Waals surface area contributed by atoms with Gasteiger partial charge in [0.2, 0.25) is 0 Å². The summed E-state index contributed by atoms with van der Waals surface area (Å²) < 4.78 is 1.74. The normalized spacial score (nSPS) is 12.6. The van der Waals surface area contributed by atoms with Crippen LogP contribution in [-0.2, 0) is 6.54 Å². The van der Waals surface area contributed by atoms with Crippen molar-refractivity contribution in [3.63, 3.8) is 0 Å². The predicted molar refractivity (Wildman–Crippen MR) is 104 cm³/mol. The maximum atomic E-state index is 4.70. The van der Waals surface area contributed by atoms with Gasteiger partial charge in [0.1, 0.15) is 12.7 Å². The molecule has 1 unspecified atom stereocenters. The van der Waals surface area contributed by atoms with E-state index in [9.17, 15) is 0 Å². The molecule has 6 heteroatoms. The maximum absolute atomic E-state index is 4.70. The van der Waals surface area contributed by atoms with Crippen molar-refractivity contribution >= 4 is 5.96 Å². The fraction of sp³-hybridized carbons (Fsp3) is 0.250. The van der Waals surface area contributed by atoms with E-state index in [4.69, 9.17) is 4.99 Å². The Kier molecular flexibility index (Phi) is 5.98. The van der Waals surface area contributed by atoms with Gasteiger partial charge < -0.3 is 10.6 Å². The molecule has 3 aromatic rings. The van der Waals surface area contributed by atoms with Gasteiger partial charge in [0.25, 0.3) is 0 Å². The zero-order chi connectivity index (χ0) is 18.2. The molecule has 0 aliphatic carbocycles. The molecule has 1 aromatic heterocycles. The fourth-order valence-corrected chi connectivity index (χ4v) is 2.62. The molecular formula is C20H24N6. The van der Waals surface area contributed by atoms with Crippen molar-refractivity contribution in [3.8, 4) is 5.69 Å². The molecule has 0 amide bonds. The molecule has 2 N–H and O–H groups in total. The Morgan fingerprint density at radius 3 is 2.54 bits per heavy atom. The van der Waals surface area contributed by atoms with Crippen molar-refractivity contribution in [2.45, 2.75) is 26.4 Å². The largest absolute Gasteiger partial charge is 0.357 e. The second-order valence-corrected chi connectivity index (χ2v) is 5.98. The summed E-state index contributed by atoms with van der Waals surface area (Å²) in [6.45, 7) is 5.62. The number of aromatic nitrogens is 3. The molecule has 6 nitrogen and oxygen atoms in total. The zero-order valence-electron chi connectivity index (χ0n) is 15.1. The van der Waals surface area contributed by atoms with Gasteiger partial charge in [0.05, 0.1) is 18.3 Å². The quantitative estimate of drug-likeness (QED) is 0.531. The van der Waals surface area contributed by atoms with Crippen molar-refractivity contribution in [2.75, 3.05) is 6.54 Å². The second kappa shape index (κ2) is 8.80. The fourth-order valence-electron chi connectivity index (χ4n) is 2.62.